The molecule has 0 fully saturated rings. The molecule has 0 aliphatic heterocycles. The van der Waals surface area contributed by atoms with Gasteiger partial charge in [-0.3, -0.25) is 4.98 Å². The lowest BCUT2D eigenvalue weighted by atomic mass is 9.99. The van der Waals surface area contributed by atoms with Gasteiger partial charge in [0.05, 0.1) is 16.9 Å². The van der Waals surface area contributed by atoms with Crippen molar-refractivity contribution in [2.24, 2.45) is 0 Å². The van der Waals surface area contributed by atoms with E-state index in [1.807, 2.05) is 72.9 Å². The minimum Gasteiger partial charge on any atom is -0.399 e. The first kappa shape index (κ1) is 20.8. The van der Waals surface area contributed by atoms with Crippen molar-refractivity contribution in [2.75, 3.05) is 5.73 Å². The first-order chi connectivity index (χ1) is 17.2. The summed E-state index contributed by atoms with van der Waals surface area (Å²) in [5, 5.41) is 1.13. The van der Waals surface area contributed by atoms with E-state index in [2.05, 4.69) is 53.5 Å². The number of hydrogen-bond acceptors (Lipinski definition) is 4. The van der Waals surface area contributed by atoms with Gasteiger partial charge >= 0.3 is 0 Å². The first-order valence-corrected chi connectivity index (χ1v) is 11.5. The van der Waals surface area contributed by atoms with Gasteiger partial charge in [-0.05, 0) is 29.8 Å². The van der Waals surface area contributed by atoms with E-state index >= 15 is 0 Å². The number of nitrogens with two attached hydrogens (primary N) is 1. The van der Waals surface area contributed by atoms with Gasteiger partial charge in [-0.15, -0.1) is 0 Å². The van der Waals surface area contributed by atoms with Crippen LogP contribution < -0.4 is 5.73 Å². The molecule has 0 saturated heterocycles. The number of nitrogen functional groups attached to an aromatic ring is 1. The van der Waals surface area contributed by atoms with Gasteiger partial charge in [-0.1, -0.05) is 91.0 Å². The van der Waals surface area contributed by atoms with Crippen LogP contribution in [0.2, 0.25) is 0 Å². The highest BCUT2D eigenvalue weighted by molar-refractivity contribution is 5.93. The van der Waals surface area contributed by atoms with Gasteiger partial charge in [0, 0.05) is 39.5 Å². The Morgan fingerprint density at radius 3 is 2.00 bits per heavy atom. The van der Waals surface area contributed by atoms with Gasteiger partial charge in [-0.2, -0.15) is 0 Å². The third kappa shape index (κ3) is 4.13. The summed E-state index contributed by atoms with van der Waals surface area (Å²) in [5.41, 5.74) is 14.6. The van der Waals surface area contributed by atoms with Crippen LogP contribution in [-0.4, -0.2) is 15.0 Å². The molecule has 166 valence electrons. The maximum atomic E-state index is 6.06. The zero-order valence-electron chi connectivity index (χ0n) is 19.0. The number of fused-ring (bicyclic) bond motifs is 1. The van der Waals surface area contributed by atoms with E-state index in [0.717, 1.165) is 50.1 Å². The van der Waals surface area contributed by atoms with Gasteiger partial charge < -0.3 is 5.73 Å². The summed E-state index contributed by atoms with van der Waals surface area (Å²) in [4.78, 5) is 14.4. The molecule has 0 unspecified atom stereocenters. The van der Waals surface area contributed by atoms with Crippen LogP contribution in [0, 0.1) is 0 Å². The summed E-state index contributed by atoms with van der Waals surface area (Å²) < 4.78 is 0. The minimum absolute atomic E-state index is 0.683. The average Bonchev–Trinajstić information content (AvgIpc) is 2.93. The number of rotatable bonds is 4. The normalized spacial score (nSPS) is 11.0. The van der Waals surface area contributed by atoms with E-state index in [-0.39, 0.29) is 0 Å². The Balaban J connectivity index is 1.46. The van der Waals surface area contributed by atoms with Crippen molar-refractivity contribution in [2.45, 2.75) is 0 Å². The molecule has 35 heavy (non-hydrogen) atoms. The molecule has 0 saturated carbocycles. The summed E-state index contributed by atoms with van der Waals surface area (Å²) in [5.74, 6) is 0.683. The van der Waals surface area contributed by atoms with Crippen LogP contribution in [0.4, 0.5) is 5.69 Å². The van der Waals surface area contributed by atoms with Gasteiger partial charge in [0.1, 0.15) is 0 Å². The number of benzene rings is 4. The standard InChI is InChI=1S/C31H22N4/c32-26-12-4-10-25(19-26)29-20-28(34-31(35-29)24-7-2-1-3-8-24)22-16-14-21(15-17-22)27-13-5-9-23-11-6-18-33-30(23)27/h1-20H,32H2. The number of pyridine rings is 1. The molecule has 2 aromatic heterocycles. The average molecular weight is 451 g/mol. The molecule has 4 aromatic carbocycles. The fraction of sp³-hybridized carbons (Fsp3) is 0. The molecule has 6 aromatic rings. The molecular formula is C31H22N4. The number of para-hydroxylation sites is 1. The highest BCUT2D eigenvalue weighted by Gasteiger charge is 2.12. The van der Waals surface area contributed by atoms with Gasteiger partial charge in [-0.25, -0.2) is 9.97 Å². The summed E-state index contributed by atoms with van der Waals surface area (Å²) in [6, 6.07) is 38.7. The number of hydrogen-bond donors (Lipinski definition) is 1. The van der Waals surface area contributed by atoms with Crippen molar-refractivity contribution in [1.29, 1.82) is 0 Å². The first-order valence-electron chi connectivity index (χ1n) is 11.5. The Morgan fingerprint density at radius 1 is 0.514 bits per heavy atom. The van der Waals surface area contributed by atoms with Crippen LogP contribution in [0.5, 0.6) is 0 Å². The predicted octanol–water partition coefficient (Wildman–Crippen LogP) is 7.28. The predicted molar refractivity (Wildman–Crippen MR) is 143 cm³/mol. The lowest BCUT2D eigenvalue weighted by Crippen LogP contribution is -1.96. The Hall–Kier alpha value is -4.83. The number of aromatic nitrogens is 3. The van der Waals surface area contributed by atoms with E-state index in [1.165, 1.54) is 0 Å². The second-order valence-electron chi connectivity index (χ2n) is 8.41. The Bertz CT molecular complexity index is 1640. The largest absolute Gasteiger partial charge is 0.399 e. The number of anilines is 1. The second-order valence-corrected chi connectivity index (χ2v) is 8.41. The molecule has 2 N–H and O–H groups in total. The molecule has 4 heteroatoms. The van der Waals surface area contributed by atoms with E-state index < -0.39 is 0 Å². The molecule has 0 aliphatic carbocycles. The fourth-order valence-corrected chi connectivity index (χ4v) is 4.32. The lowest BCUT2D eigenvalue weighted by molar-refractivity contribution is 1.18. The van der Waals surface area contributed by atoms with Crippen molar-refractivity contribution in [3.63, 3.8) is 0 Å². The lowest BCUT2D eigenvalue weighted by Gasteiger charge is -2.11. The van der Waals surface area contributed by atoms with Crippen LogP contribution in [0.1, 0.15) is 0 Å². The molecule has 2 heterocycles. The van der Waals surface area contributed by atoms with Crippen molar-refractivity contribution in [3.8, 4) is 45.0 Å². The zero-order chi connectivity index (χ0) is 23.6. The maximum Gasteiger partial charge on any atom is 0.160 e. The molecule has 0 aliphatic rings. The monoisotopic (exact) mass is 450 g/mol. The quantitative estimate of drug-likeness (QED) is 0.287. The Kier molecular flexibility index (Phi) is 5.24. The summed E-state index contributed by atoms with van der Waals surface area (Å²) in [6.07, 6.45) is 1.84. The van der Waals surface area contributed by atoms with Crippen molar-refractivity contribution in [1.82, 2.24) is 15.0 Å². The molecule has 6 rings (SSSR count). The maximum absolute atomic E-state index is 6.06. The summed E-state index contributed by atoms with van der Waals surface area (Å²) in [7, 11) is 0. The fourth-order valence-electron chi connectivity index (χ4n) is 4.32. The van der Waals surface area contributed by atoms with Gasteiger partial charge in [0.2, 0.25) is 0 Å². The van der Waals surface area contributed by atoms with Gasteiger partial charge in [0.25, 0.3) is 0 Å². The van der Waals surface area contributed by atoms with Crippen LogP contribution in [-0.2, 0) is 0 Å². The van der Waals surface area contributed by atoms with Crippen LogP contribution in [0.15, 0.2) is 121 Å². The molecule has 0 amide bonds. The summed E-state index contributed by atoms with van der Waals surface area (Å²) in [6.45, 7) is 0. The molecular weight excluding hydrogens is 428 g/mol. The van der Waals surface area contributed by atoms with Crippen LogP contribution >= 0.6 is 0 Å². The second kappa shape index (κ2) is 8.84. The van der Waals surface area contributed by atoms with E-state index in [9.17, 15) is 0 Å². The van der Waals surface area contributed by atoms with Crippen molar-refractivity contribution >= 4 is 16.6 Å². The third-order valence-electron chi connectivity index (χ3n) is 6.06. The SMILES string of the molecule is Nc1cccc(-c2cc(-c3ccc(-c4cccc5cccnc45)cc3)nc(-c3ccccc3)n2)c1. The van der Waals surface area contributed by atoms with Gasteiger partial charge in [0.15, 0.2) is 5.82 Å². The van der Waals surface area contributed by atoms with Crippen LogP contribution in [0.3, 0.4) is 0 Å². The summed E-state index contributed by atoms with van der Waals surface area (Å²) >= 11 is 0. The van der Waals surface area contributed by atoms with E-state index in [0.29, 0.717) is 11.5 Å². The molecule has 0 spiro atoms. The smallest absolute Gasteiger partial charge is 0.160 e. The Morgan fingerprint density at radius 2 is 1.20 bits per heavy atom. The minimum atomic E-state index is 0.683. The highest BCUT2D eigenvalue weighted by atomic mass is 14.9. The molecule has 0 bridgehead atoms. The van der Waals surface area contributed by atoms with Crippen molar-refractivity contribution in [3.05, 3.63) is 121 Å². The van der Waals surface area contributed by atoms with E-state index in [1.54, 1.807) is 0 Å². The topological polar surface area (TPSA) is 64.7 Å². The highest BCUT2D eigenvalue weighted by Crippen LogP contribution is 2.31. The third-order valence-corrected chi connectivity index (χ3v) is 6.06. The molecule has 0 atom stereocenters. The van der Waals surface area contributed by atoms with Crippen molar-refractivity contribution < 1.29 is 0 Å². The Labute approximate surface area is 203 Å². The molecule has 0 radical (unpaired) electrons. The molecule has 4 nitrogen and oxygen atoms in total. The van der Waals surface area contributed by atoms with E-state index in [4.69, 9.17) is 15.7 Å². The van der Waals surface area contributed by atoms with Crippen LogP contribution in [0.25, 0.3) is 55.9 Å². The number of nitrogens with zero attached hydrogens (tertiary/aromatic N) is 3. The zero-order valence-corrected chi connectivity index (χ0v) is 19.0.